The maximum atomic E-state index is 10.6. The fraction of sp³-hybridized carbons (Fsp3) is 0.913. The minimum atomic E-state index is -0.379. The molecule has 3 fully saturated rings. The van der Waals surface area contributed by atoms with E-state index in [-0.39, 0.29) is 41.7 Å². The predicted molar refractivity (Wildman–Crippen MR) is 105 cm³/mol. The minimum Gasteiger partial charge on any atom is -0.394 e. The van der Waals surface area contributed by atoms with Gasteiger partial charge in [-0.15, -0.1) is 0 Å². The van der Waals surface area contributed by atoms with Gasteiger partial charge < -0.3 is 20.1 Å². The van der Waals surface area contributed by atoms with Gasteiger partial charge in [0.2, 0.25) is 0 Å². The van der Waals surface area contributed by atoms with E-state index in [9.17, 15) is 15.3 Å². The Morgan fingerprint density at radius 1 is 1.22 bits per heavy atom. The van der Waals surface area contributed by atoms with Crippen LogP contribution < -0.4 is 0 Å². The first-order valence-corrected chi connectivity index (χ1v) is 11.1. The van der Waals surface area contributed by atoms with E-state index in [1.807, 2.05) is 6.92 Å². The Bertz CT molecular complexity index is 587. The highest BCUT2D eigenvalue weighted by Gasteiger charge is 2.62. The maximum Gasteiger partial charge on any atom is 0.0701 e. The Morgan fingerprint density at radius 2 is 2.00 bits per heavy atom. The van der Waals surface area contributed by atoms with Crippen LogP contribution in [-0.2, 0) is 4.74 Å². The van der Waals surface area contributed by atoms with Gasteiger partial charge in [0, 0.05) is 5.92 Å². The quantitative estimate of drug-likeness (QED) is 0.657. The maximum absolute atomic E-state index is 10.6. The van der Waals surface area contributed by atoms with E-state index in [0.29, 0.717) is 24.4 Å². The molecule has 0 amide bonds. The first kappa shape index (κ1) is 19.9. The van der Waals surface area contributed by atoms with Crippen molar-refractivity contribution in [2.24, 2.45) is 34.5 Å². The van der Waals surface area contributed by atoms with Gasteiger partial charge in [0.15, 0.2) is 0 Å². The van der Waals surface area contributed by atoms with Crippen LogP contribution in [0.15, 0.2) is 11.6 Å². The lowest BCUT2D eigenvalue weighted by molar-refractivity contribution is -0.0865. The summed E-state index contributed by atoms with van der Waals surface area (Å²) >= 11 is 0. The second-order valence-electron chi connectivity index (χ2n) is 10.3. The summed E-state index contributed by atoms with van der Waals surface area (Å²) in [7, 11) is 0. The van der Waals surface area contributed by atoms with E-state index in [1.165, 1.54) is 12.0 Å². The first-order valence-electron chi connectivity index (χ1n) is 11.1. The number of hydrogen-bond donors (Lipinski definition) is 3. The summed E-state index contributed by atoms with van der Waals surface area (Å²) in [6, 6.07) is 0. The van der Waals surface area contributed by atoms with Crippen LogP contribution >= 0.6 is 0 Å². The molecule has 4 aliphatic rings. The van der Waals surface area contributed by atoms with Crippen molar-refractivity contribution in [3.8, 4) is 0 Å². The number of fused-ring (bicyclic) bond motifs is 5. The number of ether oxygens (including phenoxy) is 1. The van der Waals surface area contributed by atoms with Crippen molar-refractivity contribution in [1.82, 2.24) is 0 Å². The summed E-state index contributed by atoms with van der Waals surface area (Å²) in [6.07, 6.45) is 9.36. The molecule has 0 aliphatic heterocycles. The van der Waals surface area contributed by atoms with Gasteiger partial charge in [-0.25, -0.2) is 0 Å². The topological polar surface area (TPSA) is 69.9 Å². The van der Waals surface area contributed by atoms with Crippen LogP contribution in [0.4, 0.5) is 0 Å². The van der Waals surface area contributed by atoms with Crippen molar-refractivity contribution >= 4 is 0 Å². The lowest BCUT2D eigenvalue weighted by Gasteiger charge is -2.58. The Kier molecular flexibility index (Phi) is 5.24. The van der Waals surface area contributed by atoms with E-state index in [1.54, 1.807) is 0 Å². The Labute approximate surface area is 164 Å². The smallest absolute Gasteiger partial charge is 0.0701 e. The summed E-state index contributed by atoms with van der Waals surface area (Å²) in [4.78, 5) is 0. The molecule has 0 heterocycles. The van der Waals surface area contributed by atoms with E-state index < -0.39 is 0 Å². The van der Waals surface area contributed by atoms with Gasteiger partial charge >= 0.3 is 0 Å². The fourth-order valence-corrected chi connectivity index (χ4v) is 7.91. The van der Waals surface area contributed by atoms with Gasteiger partial charge in [-0.2, -0.15) is 0 Å². The molecule has 27 heavy (non-hydrogen) atoms. The molecule has 3 N–H and O–H groups in total. The van der Waals surface area contributed by atoms with Crippen LogP contribution in [0.3, 0.4) is 0 Å². The molecule has 4 heteroatoms. The number of rotatable bonds is 4. The third-order valence-electron chi connectivity index (χ3n) is 9.11. The Morgan fingerprint density at radius 3 is 2.70 bits per heavy atom. The zero-order valence-electron chi connectivity index (χ0n) is 17.2. The highest BCUT2D eigenvalue weighted by atomic mass is 16.5. The predicted octanol–water partition coefficient (Wildman–Crippen LogP) is 3.29. The van der Waals surface area contributed by atoms with Gasteiger partial charge in [0.05, 0.1) is 31.5 Å². The molecule has 0 radical (unpaired) electrons. The van der Waals surface area contributed by atoms with Crippen molar-refractivity contribution < 1.29 is 20.1 Å². The average Bonchev–Trinajstić information content (AvgIpc) is 2.93. The minimum absolute atomic E-state index is 0.0446. The second-order valence-corrected chi connectivity index (χ2v) is 10.3. The van der Waals surface area contributed by atoms with Crippen molar-refractivity contribution in [2.75, 3.05) is 13.2 Å². The SMILES string of the molecule is C[C@H](O)[C@H]1[C@H](OCCO)C[C@H]2[C@@H]3CC=C4C[C@@H](O)CC[C@]4(C)[C@H]3CC[C@]12C. The number of hydrogen-bond acceptors (Lipinski definition) is 4. The summed E-state index contributed by atoms with van der Waals surface area (Å²) in [5.41, 5.74) is 1.86. The van der Waals surface area contributed by atoms with Gasteiger partial charge in [-0.3, -0.25) is 0 Å². The molecule has 0 spiro atoms. The first-order chi connectivity index (χ1) is 12.8. The van der Waals surface area contributed by atoms with E-state index in [2.05, 4.69) is 19.9 Å². The molecule has 9 atom stereocenters. The third kappa shape index (κ3) is 3.02. The standard InChI is InChI=1S/C23H38O4/c1-14(25)21-20(27-11-10-24)13-19-17-5-4-15-12-16(26)6-8-22(15,2)18(17)7-9-23(19,21)3/h4,14,16-21,24-26H,5-13H2,1-3H3/t14-,16-,17+,18-,19-,20+,21-,22-,23-/m0/s1. The molecule has 0 saturated heterocycles. The average molecular weight is 379 g/mol. The molecule has 4 rings (SSSR count). The van der Waals surface area contributed by atoms with Crippen LogP contribution in [0.1, 0.15) is 65.7 Å². The molecule has 0 aromatic heterocycles. The Hall–Kier alpha value is -0.420. The largest absolute Gasteiger partial charge is 0.394 e. The van der Waals surface area contributed by atoms with E-state index in [4.69, 9.17) is 4.74 Å². The van der Waals surface area contributed by atoms with Crippen LogP contribution in [0.5, 0.6) is 0 Å². The molecule has 0 bridgehead atoms. The van der Waals surface area contributed by atoms with Crippen molar-refractivity contribution in [1.29, 1.82) is 0 Å². The number of aliphatic hydroxyl groups is 3. The highest BCUT2D eigenvalue weighted by molar-refractivity contribution is 5.25. The highest BCUT2D eigenvalue weighted by Crippen LogP contribution is 2.66. The second kappa shape index (κ2) is 7.12. The van der Waals surface area contributed by atoms with Gasteiger partial charge in [-0.05, 0) is 80.5 Å². The molecular formula is C23H38O4. The molecule has 4 aliphatic carbocycles. The van der Waals surface area contributed by atoms with Crippen molar-refractivity contribution in [2.45, 2.75) is 84.0 Å². The van der Waals surface area contributed by atoms with E-state index >= 15 is 0 Å². The number of allylic oxidation sites excluding steroid dienone is 1. The molecule has 154 valence electrons. The summed E-state index contributed by atoms with van der Waals surface area (Å²) < 4.78 is 6.05. The molecular weight excluding hydrogens is 340 g/mol. The van der Waals surface area contributed by atoms with Crippen molar-refractivity contribution in [3.63, 3.8) is 0 Å². The lowest BCUT2D eigenvalue weighted by atomic mass is 9.47. The summed E-state index contributed by atoms with van der Waals surface area (Å²) in [5.74, 6) is 2.06. The molecule has 0 unspecified atom stereocenters. The third-order valence-corrected chi connectivity index (χ3v) is 9.11. The summed E-state index contributed by atoms with van der Waals surface area (Å²) in [5, 5.41) is 30.0. The zero-order valence-corrected chi connectivity index (χ0v) is 17.2. The van der Waals surface area contributed by atoms with E-state index in [0.717, 1.165) is 38.5 Å². The zero-order chi connectivity index (χ0) is 19.4. The normalized spacial score (nSPS) is 50.4. The van der Waals surface area contributed by atoms with Crippen LogP contribution in [0, 0.1) is 34.5 Å². The van der Waals surface area contributed by atoms with Gasteiger partial charge in [0.1, 0.15) is 0 Å². The summed E-state index contributed by atoms with van der Waals surface area (Å²) in [6.45, 7) is 7.17. The fourth-order valence-electron chi connectivity index (χ4n) is 7.91. The monoisotopic (exact) mass is 378 g/mol. The molecule has 0 aromatic rings. The van der Waals surface area contributed by atoms with Gasteiger partial charge in [-0.1, -0.05) is 25.5 Å². The van der Waals surface area contributed by atoms with Gasteiger partial charge in [0.25, 0.3) is 0 Å². The molecule has 3 saturated carbocycles. The van der Waals surface area contributed by atoms with Crippen LogP contribution in [0.25, 0.3) is 0 Å². The number of aliphatic hydroxyl groups excluding tert-OH is 3. The molecule has 0 aromatic carbocycles. The Balaban J connectivity index is 1.63. The molecule has 4 nitrogen and oxygen atoms in total. The van der Waals surface area contributed by atoms with Crippen molar-refractivity contribution in [3.05, 3.63) is 11.6 Å². The van der Waals surface area contributed by atoms with Crippen LogP contribution in [-0.4, -0.2) is 46.8 Å². The van der Waals surface area contributed by atoms with Crippen LogP contribution in [0.2, 0.25) is 0 Å². The lowest BCUT2D eigenvalue weighted by Crippen LogP contribution is -2.51.